The van der Waals surface area contributed by atoms with Crippen molar-refractivity contribution in [2.24, 2.45) is 0 Å². The molecule has 0 aromatic heterocycles. The zero-order chi connectivity index (χ0) is 13.1. The molecule has 0 heterocycles. The van der Waals surface area contributed by atoms with E-state index in [2.05, 4.69) is 32.9 Å². The average molecular weight is 261 g/mol. The number of benzene rings is 2. The Balaban J connectivity index is 2.13. The average Bonchev–Trinajstić information content (AvgIpc) is 2.30. The number of aryl methyl sites for hydroxylation is 3. The predicted molar refractivity (Wildman–Crippen MR) is 76.4 cm³/mol. The first-order valence-corrected chi connectivity index (χ1v) is 6.39. The second-order valence-electron chi connectivity index (χ2n) is 4.62. The van der Waals surface area contributed by atoms with Crippen molar-refractivity contribution >= 4 is 11.6 Å². The normalized spacial score (nSPS) is 10.4. The van der Waals surface area contributed by atoms with Crippen LogP contribution in [0, 0.1) is 20.8 Å². The van der Waals surface area contributed by atoms with Gasteiger partial charge in [-0.3, -0.25) is 0 Å². The highest BCUT2D eigenvalue weighted by atomic mass is 35.5. The SMILES string of the molecule is Cc1cc(C)c(COc2ccc(Cl)cc2)c(C)c1. The van der Waals surface area contributed by atoms with Crippen LogP contribution >= 0.6 is 11.6 Å². The number of rotatable bonds is 3. The Labute approximate surface area is 113 Å². The van der Waals surface area contributed by atoms with E-state index in [-0.39, 0.29) is 0 Å². The molecule has 2 rings (SSSR count). The molecule has 2 aromatic rings. The van der Waals surface area contributed by atoms with E-state index in [0.29, 0.717) is 6.61 Å². The van der Waals surface area contributed by atoms with Crippen LogP contribution in [0.25, 0.3) is 0 Å². The Morgan fingerprint density at radius 2 is 1.50 bits per heavy atom. The van der Waals surface area contributed by atoms with Crippen LogP contribution in [-0.2, 0) is 6.61 Å². The summed E-state index contributed by atoms with van der Waals surface area (Å²) in [7, 11) is 0. The second-order valence-corrected chi connectivity index (χ2v) is 5.06. The van der Waals surface area contributed by atoms with E-state index in [4.69, 9.17) is 16.3 Å². The molecule has 0 atom stereocenters. The van der Waals surface area contributed by atoms with Gasteiger partial charge in [0.1, 0.15) is 12.4 Å². The molecule has 0 spiro atoms. The van der Waals surface area contributed by atoms with Crippen molar-refractivity contribution in [3.05, 3.63) is 63.7 Å². The van der Waals surface area contributed by atoms with E-state index < -0.39 is 0 Å². The zero-order valence-electron chi connectivity index (χ0n) is 11.0. The molecule has 0 fully saturated rings. The van der Waals surface area contributed by atoms with Crippen molar-refractivity contribution < 1.29 is 4.74 Å². The lowest BCUT2D eigenvalue weighted by molar-refractivity contribution is 0.304. The molecular formula is C16H17ClO. The van der Waals surface area contributed by atoms with Crippen LogP contribution in [0.4, 0.5) is 0 Å². The quantitative estimate of drug-likeness (QED) is 0.767. The molecule has 0 saturated carbocycles. The van der Waals surface area contributed by atoms with Gasteiger partial charge in [-0.1, -0.05) is 29.3 Å². The number of ether oxygens (including phenoxy) is 1. The molecule has 94 valence electrons. The minimum Gasteiger partial charge on any atom is -0.489 e. The van der Waals surface area contributed by atoms with E-state index in [9.17, 15) is 0 Å². The summed E-state index contributed by atoms with van der Waals surface area (Å²) >= 11 is 5.84. The van der Waals surface area contributed by atoms with Crippen LogP contribution in [-0.4, -0.2) is 0 Å². The highest BCUT2D eigenvalue weighted by molar-refractivity contribution is 6.30. The summed E-state index contributed by atoms with van der Waals surface area (Å²) < 4.78 is 5.79. The summed E-state index contributed by atoms with van der Waals surface area (Å²) in [5, 5.41) is 0.727. The van der Waals surface area contributed by atoms with E-state index in [1.807, 2.05) is 24.3 Å². The summed E-state index contributed by atoms with van der Waals surface area (Å²) in [6.45, 7) is 6.96. The first-order valence-electron chi connectivity index (χ1n) is 6.01. The monoisotopic (exact) mass is 260 g/mol. The number of hydrogen-bond acceptors (Lipinski definition) is 1. The van der Waals surface area contributed by atoms with Gasteiger partial charge in [-0.25, -0.2) is 0 Å². The minimum atomic E-state index is 0.597. The Kier molecular flexibility index (Phi) is 3.93. The van der Waals surface area contributed by atoms with Gasteiger partial charge in [0, 0.05) is 5.02 Å². The van der Waals surface area contributed by atoms with Crippen molar-refractivity contribution in [1.29, 1.82) is 0 Å². The van der Waals surface area contributed by atoms with Gasteiger partial charge in [-0.05, 0) is 61.7 Å². The zero-order valence-corrected chi connectivity index (χ0v) is 11.7. The topological polar surface area (TPSA) is 9.23 Å². The van der Waals surface area contributed by atoms with E-state index in [1.54, 1.807) is 0 Å². The summed E-state index contributed by atoms with van der Waals surface area (Å²) in [6.07, 6.45) is 0. The fraction of sp³-hybridized carbons (Fsp3) is 0.250. The van der Waals surface area contributed by atoms with Gasteiger partial charge in [-0.15, -0.1) is 0 Å². The third kappa shape index (κ3) is 3.05. The molecule has 0 aliphatic heterocycles. The molecule has 0 N–H and O–H groups in total. The van der Waals surface area contributed by atoms with Gasteiger partial charge in [0.2, 0.25) is 0 Å². The molecule has 2 aromatic carbocycles. The fourth-order valence-electron chi connectivity index (χ4n) is 2.12. The maximum atomic E-state index is 5.84. The Bertz CT molecular complexity index is 521. The largest absolute Gasteiger partial charge is 0.489 e. The second kappa shape index (κ2) is 5.45. The van der Waals surface area contributed by atoms with E-state index in [0.717, 1.165) is 10.8 Å². The van der Waals surface area contributed by atoms with Gasteiger partial charge in [0.05, 0.1) is 0 Å². The number of hydrogen-bond donors (Lipinski definition) is 0. The summed E-state index contributed by atoms with van der Waals surface area (Å²) in [4.78, 5) is 0. The highest BCUT2D eigenvalue weighted by Gasteiger charge is 2.04. The molecule has 0 unspecified atom stereocenters. The molecular weight excluding hydrogens is 244 g/mol. The Morgan fingerprint density at radius 3 is 2.06 bits per heavy atom. The summed E-state index contributed by atoms with van der Waals surface area (Å²) in [5.74, 6) is 0.846. The van der Waals surface area contributed by atoms with Crippen molar-refractivity contribution in [3.63, 3.8) is 0 Å². The fourth-order valence-corrected chi connectivity index (χ4v) is 2.25. The third-order valence-electron chi connectivity index (χ3n) is 3.04. The number of halogens is 1. The standard InChI is InChI=1S/C16H17ClO/c1-11-8-12(2)16(13(3)9-11)10-18-15-6-4-14(17)5-7-15/h4-9H,10H2,1-3H3. The molecule has 0 bridgehead atoms. The van der Waals surface area contributed by atoms with Crippen molar-refractivity contribution in [2.75, 3.05) is 0 Å². The summed E-state index contributed by atoms with van der Waals surface area (Å²) in [6, 6.07) is 11.8. The summed E-state index contributed by atoms with van der Waals surface area (Å²) in [5.41, 5.74) is 5.11. The molecule has 0 radical (unpaired) electrons. The molecule has 1 nitrogen and oxygen atoms in total. The first-order chi connectivity index (χ1) is 8.56. The van der Waals surface area contributed by atoms with Crippen LogP contribution < -0.4 is 4.74 Å². The van der Waals surface area contributed by atoms with Crippen LogP contribution in [0.5, 0.6) is 5.75 Å². The van der Waals surface area contributed by atoms with E-state index >= 15 is 0 Å². The maximum Gasteiger partial charge on any atom is 0.119 e. The Morgan fingerprint density at radius 1 is 0.944 bits per heavy atom. The molecule has 0 saturated heterocycles. The Hall–Kier alpha value is -1.47. The lowest BCUT2D eigenvalue weighted by Gasteiger charge is -2.12. The molecule has 0 aliphatic carbocycles. The predicted octanol–water partition coefficient (Wildman–Crippen LogP) is 4.84. The van der Waals surface area contributed by atoms with Crippen LogP contribution in [0.2, 0.25) is 5.02 Å². The van der Waals surface area contributed by atoms with Gasteiger partial charge in [0.15, 0.2) is 0 Å². The van der Waals surface area contributed by atoms with Gasteiger partial charge < -0.3 is 4.74 Å². The van der Waals surface area contributed by atoms with Crippen molar-refractivity contribution in [3.8, 4) is 5.75 Å². The van der Waals surface area contributed by atoms with Crippen molar-refractivity contribution in [2.45, 2.75) is 27.4 Å². The molecule has 18 heavy (non-hydrogen) atoms. The van der Waals surface area contributed by atoms with Crippen LogP contribution in [0.15, 0.2) is 36.4 Å². The van der Waals surface area contributed by atoms with Gasteiger partial charge >= 0.3 is 0 Å². The third-order valence-corrected chi connectivity index (χ3v) is 3.29. The lowest BCUT2D eigenvalue weighted by Crippen LogP contribution is -2.01. The molecule has 2 heteroatoms. The van der Waals surface area contributed by atoms with Crippen molar-refractivity contribution in [1.82, 2.24) is 0 Å². The smallest absolute Gasteiger partial charge is 0.119 e. The van der Waals surface area contributed by atoms with Crippen LogP contribution in [0.3, 0.4) is 0 Å². The maximum absolute atomic E-state index is 5.84. The van der Waals surface area contributed by atoms with E-state index in [1.165, 1.54) is 22.3 Å². The van der Waals surface area contributed by atoms with Crippen LogP contribution in [0.1, 0.15) is 22.3 Å². The lowest BCUT2D eigenvalue weighted by atomic mass is 10.0. The first kappa shape index (κ1) is 13.0. The molecule has 0 amide bonds. The highest BCUT2D eigenvalue weighted by Crippen LogP contribution is 2.20. The van der Waals surface area contributed by atoms with Gasteiger partial charge in [0.25, 0.3) is 0 Å². The molecule has 0 aliphatic rings. The minimum absolute atomic E-state index is 0.597. The van der Waals surface area contributed by atoms with Gasteiger partial charge in [-0.2, -0.15) is 0 Å².